The first-order valence-corrected chi connectivity index (χ1v) is 10.7. The van der Waals surface area contributed by atoms with Crippen molar-refractivity contribution in [3.05, 3.63) is 64.4 Å². The number of nitrogens with one attached hydrogen (secondary N) is 2. The Kier molecular flexibility index (Phi) is 6.56. The van der Waals surface area contributed by atoms with Crippen LogP contribution in [0.4, 0.5) is 5.69 Å². The Bertz CT molecular complexity index is 998. The number of hydrogen-bond acceptors (Lipinski definition) is 5. The van der Waals surface area contributed by atoms with E-state index in [9.17, 15) is 9.59 Å². The fourth-order valence-electron chi connectivity index (χ4n) is 3.51. The highest BCUT2D eigenvalue weighted by atomic mass is 35.5. The Morgan fingerprint density at radius 1 is 1.16 bits per heavy atom. The minimum absolute atomic E-state index is 0.173. The van der Waals surface area contributed by atoms with Gasteiger partial charge in [0, 0.05) is 49.9 Å². The molecule has 31 heavy (non-hydrogen) atoms. The van der Waals surface area contributed by atoms with Gasteiger partial charge in [-0.05, 0) is 49.0 Å². The summed E-state index contributed by atoms with van der Waals surface area (Å²) in [4.78, 5) is 29.6. The van der Waals surface area contributed by atoms with Gasteiger partial charge in [-0.25, -0.2) is 0 Å². The van der Waals surface area contributed by atoms with Crippen LogP contribution in [0.2, 0.25) is 5.02 Å². The maximum absolute atomic E-state index is 12.5. The van der Waals surface area contributed by atoms with E-state index in [-0.39, 0.29) is 17.6 Å². The minimum atomic E-state index is -0.366. The number of hydrogen-bond donors (Lipinski definition) is 2. The number of halogens is 1. The van der Waals surface area contributed by atoms with E-state index < -0.39 is 0 Å². The van der Waals surface area contributed by atoms with E-state index >= 15 is 0 Å². The lowest BCUT2D eigenvalue weighted by atomic mass is 10.1. The van der Waals surface area contributed by atoms with Crippen LogP contribution in [0.15, 0.2) is 48.2 Å². The predicted octanol–water partition coefficient (Wildman–Crippen LogP) is 2.69. The van der Waals surface area contributed by atoms with Crippen molar-refractivity contribution in [2.75, 3.05) is 51.6 Å². The Labute approximate surface area is 186 Å². The van der Waals surface area contributed by atoms with E-state index in [0.29, 0.717) is 28.6 Å². The molecule has 0 bridgehead atoms. The molecule has 8 heteroatoms. The highest BCUT2D eigenvalue weighted by molar-refractivity contribution is 6.30. The number of amides is 2. The summed E-state index contributed by atoms with van der Waals surface area (Å²) in [5.74, 6) is 0.136. The fraction of sp³-hybridized carbons (Fsp3) is 0.304. The molecule has 162 valence electrons. The summed E-state index contributed by atoms with van der Waals surface area (Å²) in [7, 11) is 2.12. The zero-order chi connectivity index (χ0) is 21.8. The second-order valence-electron chi connectivity index (χ2n) is 7.73. The monoisotopic (exact) mass is 440 g/mol. The van der Waals surface area contributed by atoms with E-state index in [1.807, 2.05) is 0 Å². The molecule has 0 atom stereocenters. The van der Waals surface area contributed by atoms with Crippen LogP contribution in [-0.2, 0) is 4.79 Å². The Hall–Kier alpha value is -2.87. The molecule has 2 amide bonds. The number of fused-ring (bicyclic) bond motifs is 1. The van der Waals surface area contributed by atoms with Crippen LogP contribution in [0.3, 0.4) is 0 Å². The first-order chi connectivity index (χ1) is 15.0. The summed E-state index contributed by atoms with van der Waals surface area (Å²) in [6.45, 7) is 5.53. The van der Waals surface area contributed by atoms with Gasteiger partial charge in [0.25, 0.3) is 11.8 Å². The van der Waals surface area contributed by atoms with E-state index in [1.54, 1.807) is 48.5 Å². The smallest absolute Gasteiger partial charge is 0.291 e. The lowest BCUT2D eigenvalue weighted by Gasteiger charge is -2.32. The van der Waals surface area contributed by atoms with Gasteiger partial charge in [-0.15, -0.1) is 0 Å². The summed E-state index contributed by atoms with van der Waals surface area (Å²) < 4.78 is 5.76. The van der Waals surface area contributed by atoms with Gasteiger partial charge in [-0.1, -0.05) is 23.7 Å². The molecule has 0 radical (unpaired) electrons. The van der Waals surface area contributed by atoms with E-state index in [2.05, 4.69) is 27.5 Å². The number of benzene rings is 2. The molecular formula is C23H25ClN4O3. The number of carbonyl (C=O) groups is 2. The van der Waals surface area contributed by atoms with Gasteiger partial charge in [-0.3, -0.25) is 14.5 Å². The molecule has 2 heterocycles. The normalized spacial score (nSPS) is 18.3. The fourth-order valence-corrected chi connectivity index (χ4v) is 3.64. The number of piperazine rings is 1. The van der Waals surface area contributed by atoms with Crippen LogP contribution in [0.25, 0.3) is 6.08 Å². The van der Waals surface area contributed by atoms with E-state index in [4.69, 9.17) is 16.3 Å². The zero-order valence-electron chi connectivity index (χ0n) is 17.4. The summed E-state index contributed by atoms with van der Waals surface area (Å²) in [6, 6.07) is 12.1. The first-order valence-electron chi connectivity index (χ1n) is 10.3. The molecule has 2 aromatic rings. The van der Waals surface area contributed by atoms with Gasteiger partial charge >= 0.3 is 0 Å². The molecule has 2 N–H and O–H groups in total. The maximum atomic E-state index is 12.5. The lowest BCUT2D eigenvalue weighted by molar-refractivity contribution is -0.115. The van der Waals surface area contributed by atoms with Crippen LogP contribution >= 0.6 is 11.6 Å². The summed E-state index contributed by atoms with van der Waals surface area (Å²) in [5.41, 5.74) is 1.76. The molecule has 0 saturated carbocycles. The summed E-state index contributed by atoms with van der Waals surface area (Å²) >= 11 is 5.90. The SMILES string of the molecule is CN1CCN(CCNC(=O)c2ccc3c(c2)NC(=O)/C(=C/c2ccc(Cl)cc2)O3)CC1. The van der Waals surface area contributed by atoms with E-state index in [0.717, 1.165) is 38.3 Å². The molecule has 0 unspecified atom stereocenters. The van der Waals surface area contributed by atoms with Crippen molar-refractivity contribution in [3.8, 4) is 5.75 Å². The van der Waals surface area contributed by atoms with Crippen molar-refractivity contribution in [2.45, 2.75) is 0 Å². The molecule has 4 rings (SSSR count). The molecule has 2 aromatic carbocycles. The van der Waals surface area contributed by atoms with Crippen molar-refractivity contribution in [1.29, 1.82) is 0 Å². The van der Waals surface area contributed by atoms with Crippen molar-refractivity contribution < 1.29 is 14.3 Å². The number of rotatable bonds is 5. The second-order valence-corrected chi connectivity index (χ2v) is 8.16. The van der Waals surface area contributed by atoms with Crippen molar-refractivity contribution in [2.24, 2.45) is 0 Å². The van der Waals surface area contributed by atoms with Gasteiger partial charge < -0.3 is 20.3 Å². The third-order valence-corrected chi connectivity index (χ3v) is 5.66. The quantitative estimate of drug-likeness (QED) is 0.699. The summed E-state index contributed by atoms with van der Waals surface area (Å²) in [6.07, 6.45) is 1.65. The number of ether oxygens (including phenoxy) is 1. The molecule has 7 nitrogen and oxygen atoms in total. The van der Waals surface area contributed by atoms with Crippen LogP contribution in [0.1, 0.15) is 15.9 Å². The number of likely N-dealkylation sites (N-methyl/N-ethyl adjacent to an activating group) is 1. The topological polar surface area (TPSA) is 73.9 Å². The molecule has 0 aromatic heterocycles. The standard InChI is InChI=1S/C23H25ClN4O3/c1-27-10-12-28(13-11-27)9-8-25-22(29)17-4-7-20-19(15-17)26-23(30)21(31-20)14-16-2-5-18(24)6-3-16/h2-7,14-15H,8-13H2,1H3,(H,25,29)(H,26,30)/b21-14-. The van der Waals surface area contributed by atoms with Crippen molar-refractivity contribution in [1.82, 2.24) is 15.1 Å². The Balaban J connectivity index is 1.36. The van der Waals surface area contributed by atoms with E-state index in [1.165, 1.54) is 0 Å². The summed E-state index contributed by atoms with van der Waals surface area (Å²) in [5, 5.41) is 6.37. The largest absolute Gasteiger partial charge is 0.449 e. The molecule has 1 saturated heterocycles. The highest BCUT2D eigenvalue weighted by Crippen LogP contribution is 2.32. The minimum Gasteiger partial charge on any atom is -0.449 e. The van der Waals surface area contributed by atoms with Gasteiger partial charge in [-0.2, -0.15) is 0 Å². The molecule has 1 fully saturated rings. The zero-order valence-corrected chi connectivity index (χ0v) is 18.1. The first kappa shape index (κ1) is 21.4. The van der Waals surface area contributed by atoms with Gasteiger partial charge in [0.2, 0.25) is 0 Å². The average molecular weight is 441 g/mol. The number of nitrogens with zero attached hydrogens (tertiary/aromatic N) is 2. The van der Waals surface area contributed by atoms with Crippen LogP contribution in [-0.4, -0.2) is 67.9 Å². The molecule has 2 aliphatic heterocycles. The van der Waals surface area contributed by atoms with Crippen LogP contribution < -0.4 is 15.4 Å². The van der Waals surface area contributed by atoms with Gasteiger partial charge in [0.05, 0.1) is 5.69 Å². The van der Waals surface area contributed by atoms with Crippen LogP contribution in [0.5, 0.6) is 5.75 Å². The molecule has 0 spiro atoms. The number of anilines is 1. The molecular weight excluding hydrogens is 416 g/mol. The molecule has 2 aliphatic rings. The second kappa shape index (κ2) is 9.51. The third-order valence-electron chi connectivity index (χ3n) is 5.41. The van der Waals surface area contributed by atoms with Crippen molar-refractivity contribution in [3.63, 3.8) is 0 Å². The average Bonchev–Trinajstić information content (AvgIpc) is 2.77. The highest BCUT2D eigenvalue weighted by Gasteiger charge is 2.23. The van der Waals surface area contributed by atoms with Crippen molar-refractivity contribution >= 4 is 35.2 Å². The van der Waals surface area contributed by atoms with Crippen LogP contribution in [0, 0.1) is 0 Å². The maximum Gasteiger partial charge on any atom is 0.291 e. The Morgan fingerprint density at radius 2 is 1.90 bits per heavy atom. The third kappa shape index (κ3) is 5.44. The van der Waals surface area contributed by atoms with Gasteiger partial charge in [0.15, 0.2) is 11.5 Å². The predicted molar refractivity (Wildman–Crippen MR) is 121 cm³/mol. The molecule has 0 aliphatic carbocycles. The lowest BCUT2D eigenvalue weighted by Crippen LogP contribution is -2.46. The Morgan fingerprint density at radius 3 is 2.65 bits per heavy atom. The van der Waals surface area contributed by atoms with Gasteiger partial charge in [0.1, 0.15) is 0 Å². The number of carbonyl (C=O) groups excluding carboxylic acids is 2.